The second-order valence-electron chi connectivity index (χ2n) is 15.5. The van der Waals surface area contributed by atoms with Crippen molar-refractivity contribution in [3.05, 3.63) is 0 Å². The monoisotopic (exact) mass is 854 g/mol. The molecule has 0 amide bonds. The normalized spacial score (nSPS) is 28.7. The number of rotatable bonds is 30. The molecular weight excluding hydrogens is 784 g/mol. The van der Waals surface area contributed by atoms with Crippen molar-refractivity contribution >= 4 is 23.7 Å². The van der Waals surface area contributed by atoms with Gasteiger partial charge in [0.25, 0.3) is 0 Å². The number of aliphatic hydroxyl groups is 8. The molecule has 2 aliphatic heterocycles. The number of carbonyl (C=O) groups is 4. The molecule has 0 aromatic heterocycles. The molecule has 2 saturated heterocycles. The number of esters is 3. The van der Waals surface area contributed by atoms with Crippen LogP contribution in [0.4, 0.5) is 0 Å². The third-order valence-electron chi connectivity index (χ3n) is 10.3. The van der Waals surface area contributed by atoms with Crippen molar-refractivity contribution in [3.8, 4) is 0 Å². The van der Waals surface area contributed by atoms with Crippen LogP contribution < -0.4 is 0 Å². The number of carbonyl (C=O) groups excluding carboxylic acids is 4. The van der Waals surface area contributed by atoms with Gasteiger partial charge < -0.3 is 74.0 Å². The van der Waals surface area contributed by atoms with Crippen molar-refractivity contribution in [2.75, 3.05) is 26.4 Å². The lowest BCUT2D eigenvalue weighted by atomic mass is 9.97. The minimum absolute atomic E-state index is 0.241. The Labute approximate surface area is 346 Å². The summed E-state index contributed by atoms with van der Waals surface area (Å²) in [5, 5.41) is 81.2. The Morgan fingerprint density at radius 1 is 0.559 bits per heavy atom. The summed E-state index contributed by atoms with van der Waals surface area (Å²) in [6.07, 6.45) is -7.33. The van der Waals surface area contributed by atoms with E-state index in [0.717, 1.165) is 71.6 Å². The van der Waals surface area contributed by atoms with Gasteiger partial charge in [-0.2, -0.15) is 0 Å². The first-order valence-electron chi connectivity index (χ1n) is 21.0. The Morgan fingerprint density at radius 2 is 1.07 bits per heavy atom. The van der Waals surface area contributed by atoms with Crippen LogP contribution in [0.15, 0.2) is 0 Å². The maximum Gasteiger partial charge on any atom is 0.347 e. The molecule has 0 aliphatic carbocycles. The first kappa shape index (κ1) is 52.7. The van der Waals surface area contributed by atoms with E-state index in [0.29, 0.717) is 6.42 Å². The van der Waals surface area contributed by atoms with Crippen LogP contribution in [-0.4, -0.2) is 171 Å². The zero-order valence-electron chi connectivity index (χ0n) is 34.7. The lowest BCUT2D eigenvalue weighted by Crippen LogP contribution is -2.64. The topological polar surface area (TPSA) is 295 Å². The van der Waals surface area contributed by atoms with Crippen LogP contribution in [0.5, 0.6) is 0 Å². The zero-order valence-corrected chi connectivity index (χ0v) is 34.7. The molecule has 2 fully saturated rings. The molecule has 0 bridgehead atoms. The fourth-order valence-electron chi connectivity index (χ4n) is 7.10. The second-order valence-corrected chi connectivity index (χ2v) is 15.5. The SMILES string of the molecule is CC(=O)CC(CC(OC(C)=O)C(=O)OC(CCCCCCCCCCCCCCCO)CO[C@@H]1OC(CO)[C@@H](O[C@@H]2OC(CO)[C@@H](O)[C@@H](O)C2O)[C@@H](O)C1O)OC(C)=O. The Balaban J connectivity index is 2.08. The predicted molar refractivity (Wildman–Crippen MR) is 205 cm³/mol. The smallest absolute Gasteiger partial charge is 0.347 e. The number of aliphatic hydroxyl groups excluding tert-OH is 8. The fraction of sp³-hybridized carbons (Fsp3) is 0.900. The molecule has 0 spiro atoms. The summed E-state index contributed by atoms with van der Waals surface area (Å²) >= 11 is 0. The van der Waals surface area contributed by atoms with Gasteiger partial charge in [-0.05, 0) is 26.2 Å². The van der Waals surface area contributed by atoms with Gasteiger partial charge in [0.2, 0.25) is 6.10 Å². The minimum Gasteiger partial charge on any atom is -0.462 e. The van der Waals surface area contributed by atoms with Crippen LogP contribution >= 0.6 is 0 Å². The lowest BCUT2D eigenvalue weighted by molar-refractivity contribution is -0.360. The molecule has 59 heavy (non-hydrogen) atoms. The molecule has 13 atom stereocenters. The highest BCUT2D eigenvalue weighted by Gasteiger charge is 2.51. The first-order valence-corrected chi connectivity index (χ1v) is 21.0. The molecule has 2 heterocycles. The zero-order chi connectivity index (χ0) is 43.9. The van der Waals surface area contributed by atoms with Crippen LogP contribution in [0.25, 0.3) is 0 Å². The average Bonchev–Trinajstić information content (AvgIpc) is 3.18. The van der Waals surface area contributed by atoms with Crippen LogP contribution in [0.2, 0.25) is 0 Å². The van der Waals surface area contributed by atoms with Gasteiger partial charge in [-0.1, -0.05) is 70.6 Å². The van der Waals surface area contributed by atoms with Crippen LogP contribution in [0, 0.1) is 0 Å². The van der Waals surface area contributed by atoms with E-state index in [9.17, 15) is 54.9 Å². The highest BCUT2D eigenvalue weighted by atomic mass is 16.7. The third-order valence-corrected chi connectivity index (χ3v) is 10.3. The number of unbranched alkanes of at least 4 members (excludes halogenated alkanes) is 12. The van der Waals surface area contributed by atoms with E-state index in [4.69, 9.17) is 38.3 Å². The standard InChI is InChI=1S/C40H70O19/c1-24(44)19-28(54-25(2)45)20-29(55-26(3)46)38(52)56-27(17-15-13-11-9-7-5-4-6-8-10-12-14-16-18-41)23-53-39-36(51)34(49)37(31(22-43)58-39)59-40-35(50)33(48)32(47)30(21-42)57-40/h27-37,39-43,47-51H,4-23H2,1-3H3/t27?,28?,29?,30?,31?,32-,33-,34+,35?,36?,37-,39-,40+/m1/s1. The van der Waals surface area contributed by atoms with E-state index in [1.54, 1.807) is 0 Å². The van der Waals surface area contributed by atoms with Gasteiger partial charge in [0.15, 0.2) is 12.6 Å². The van der Waals surface area contributed by atoms with E-state index in [1.807, 2.05) is 0 Å². The number of ketones is 1. The Morgan fingerprint density at radius 3 is 1.58 bits per heavy atom. The molecule has 0 aromatic rings. The Kier molecular flexibility index (Phi) is 25.9. The van der Waals surface area contributed by atoms with Gasteiger partial charge in [-0.15, -0.1) is 0 Å². The second kappa shape index (κ2) is 29.0. The maximum absolute atomic E-state index is 13.5. The summed E-state index contributed by atoms with van der Waals surface area (Å²) in [5.74, 6) is -2.88. The highest BCUT2D eigenvalue weighted by Crippen LogP contribution is 2.30. The summed E-state index contributed by atoms with van der Waals surface area (Å²) in [5.41, 5.74) is 0. The lowest BCUT2D eigenvalue weighted by Gasteiger charge is -2.46. The molecule has 7 unspecified atom stereocenters. The molecule has 19 nitrogen and oxygen atoms in total. The van der Waals surface area contributed by atoms with Crippen molar-refractivity contribution < 1.29 is 93.2 Å². The molecule has 2 rings (SSSR count). The minimum atomic E-state index is -1.84. The van der Waals surface area contributed by atoms with E-state index in [-0.39, 0.29) is 31.7 Å². The summed E-state index contributed by atoms with van der Waals surface area (Å²) in [4.78, 5) is 49.1. The highest BCUT2D eigenvalue weighted by molar-refractivity contribution is 5.80. The van der Waals surface area contributed by atoms with Gasteiger partial charge in [-0.25, -0.2) is 4.79 Å². The Hall–Kier alpha value is -2.40. The van der Waals surface area contributed by atoms with Gasteiger partial charge in [0.1, 0.15) is 66.8 Å². The van der Waals surface area contributed by atoms with Gasteiger partial charge in [0, 0.05) is 33.3 Å². The van der Waals surface area contributed by atoms with E-state index in [1.165, 1.54) is 26.2 Å². The van der Waals surface area contributed by atoms with Crippen LogP contribution in [-0.2, 0) is 52.3 Å². The van der Waals surface area contributed by atoms with Crippen molar-refractivity contribution in [2.24, 2.45) is 0 Å². The molecule has 0 saturated carbocycles. The van der Waals surface area contributed by atoms with E-state index >= 15 is 0 Å². The number of hydrogen-bond acceptors (Lipinski definition) is 19. The van der Waals surface area contributed by atoms with Gasteiger partial charge >= 0.3 is 17.9 Å². The predicted octanol–water partition coefficient (Wildman–Crippen LogP) is 0.225. The van der Waals surface area contributed by atoms with Crippen LogP contribution in [0.1, 0.15) is 124 Å². The van der Waals surface area contributed by atoms with Crippen molar-refractivity contribution in [2.45, 2.75) is 203 Å². The van der Waals surface area contributed by atoms with Crippen molar-refractivity contribution in [1.82, 2.24) is 0 Å². The van der Waals surface area contributed by atoms with E-state index in [2.05, 4.69) is 0 Å². The maximum atomic E-state index is 13.5. The van der Waals surface area contributed by atoms with Crippen molar-refractivity contribution in [3.63, 3.8) is 0 Å². The fourth-order valence-corrected chi connectivity index (χ4v) is 7.10. The third kappa shape index (κ3) is 19.5. The quantitative estimate of drug-likeness (QED) is 0.0272. The number of Topliss-reactive ketones (excluding diaryl/α,β-unsaturated/α-hetero) is 1. The molecule has 0 aromatic carbocycles. The molecule has 2 aliphatic rings. The molecular formula is C40H70O19. The van der Waals surface area contributed by atoms with Crippen molar-refractivity contribution in [1.29, 1.82) is 0 Å². The molecule has 0 radical (unpaired) electrons. The first-order chi connectivity index (χ1) is 28.1. The summed E-state index contributed by atoms with van der Waals surface area (Å²) < 4.78 is 38.6. The van der Waals surface area contributed by atoms with Gasteiger partial charge in [-0.3, -0.25) is 14.4 Å². The molecule has 19 heteroatoms. The summed E-state index contributed by atoms with van der Waals surface area (Å²) in [6.45, 7) is 1.79. The van der Waals surface area contributed by atoms with E-state index < -0.39 is 117 Å². The van der Waals surface area contributed by atoms with Gasteiger partial charge in [0.05, 0.1) is 19.8 Å². The average molecular weight is 855 g/mol. The summed E-state index contributed by atoms with van der Waals surface area (Å²) in [7, 11) is 0. The summed E-state index contributed by atoms with van der Waals surface area (Å²) in [6, 6.07) is 0. The Bertz CT molecular complexity index is 1190. The molecule has 344 valence electrons. The number of hydrogen-bond donors (Lipinski definition) is 8. The number of ether oxygens (including phenoxy) is 7. The molecule has 8 N–H and O–H groups in total. The largest absolute Gasteiger partial charge is 0.462 e. The van der Waals surface area contributed by atoms with Crippen LogP contribution in [0.3, 0.4) is 0 Å².